The molecule has 2 nitrogen and oxygen atoms in total. The van der Waals surface area contributed by atoms with Crippen LogP contribution in [0.2, 0.25) is 0 Å². The van der Waals surface area contributed by atoms with Crippen molar-refractivity contribution >= 4 is 0 Å². The van der Waals surface area contributed by atoms with Gasteiger partial charge in [-0.15, -0.1) is 0 Å². The Bertz CT molecular complexity index is 376. The van der Waals surface area contributed by atoms with Gasteiger partial charge in [0, 0.05) is 6.04 Å². The van der Waals surface area contributed by atoms with Gasteiger partial charge >= 0.3 is 0 Å². The Morgan fingerprint density at radius 1 is 1.21 bits per heavy atom. The van der Waals surface area contributed by atoms with Crippen molar-refractivity contribution in [2.24, 2.45) is 5.92 Å². The van der Waals surface area contributed by atoms with E-state index < -0.39 is 0 Å². The Labute approximate surface area is 118 Å². The van der Waals surface area contributed by atoms with Gasteiger partial charge in [0.1, 0.15) is 12.4 Å². The standard InChI is InChI=1S/C17H29NO/c1-6-11-18-16(13(3)7-2)12-19-17-10-8-9-14(4)15(17)5/h8-10,13,16,18H,6-7,11-12H2,1-5H3. The van der Waals surface area contributed by atoms with Gasteiger partial charge in [0.15, 0.2) is 0 Å². The van der Waals surface area contributed by atoms with Crippen LogP contribution >= 0.6 is 0 Å². The Kier molecular flexibility index (Phi) is 6.93. The van der Waals surface area contributed by atoms with Crippen LogP contribution in [-0.2, 0) is 0 Å². The molecule has 2 unspecified atom stereocenters. The zero-order valence-corrected chi connectivity index (χ0v) is 13.1. The van der Waals surface area contributed by atoms with Crippen LogP contribution in [0.1, 0.15) is 44.7 Å². The van der Waals surface area contributed by atoms with E-state index in [0.29, 0.717) is 12.0 Å². The molecule has 0 saturated heterocycles. The first kappa shape index (κ1) is 16.0. The molecule has 0 radical (unpaired) electrons. The molecule has 1 aromatic rings. The summed E-state index contributed by atoms with van der Waals surface area (Å²) in [4.78, 5) is 0. The molecule has 2 atom stereocenters. The zero-order chi connectivity index (χ0) is 14.3. The van der Waals surface area contributed by atoms with E-state index in [1.807, 2.05) is 0 Å². The third-order valence-corrected chi connectivity index (χ3v) is 3.96. The number of hydrogen-bond donors (Lipinski definition) is 1. The predicted octanol–water partition coefficient (Wildman–Crippen LogP) is 4.10. The number of benzene rings is 1. The lowest BCUT2D eigenvalue weighted by atomic mass is 10.00. The molecule has 0 fully saturated rings. The van der Waals surface area contributed by atoms with Gasteiger partial charge < -0.3 is 10.1 Å². The van der Waals surface area contributed by atoms with Crippen molar-refractivity contribution in [3.05, 3.63) is 29.3 Å². The molecule has 0 heterocycles. The third kappa shape index (κ3) is 4.87. The van der Waals surface area contributed by atoms with Crippen LogP contribution in [0.15, 0.2) is 18.2 Å². The minimum Gasteiger partial charge on any atom is -0.492 e. The lowest BCUT2D eigenvalue weighted by Crippen LogP contribution is -2.40. The maximum Gasteiger partial charge on any atom is 0.122 e. The highest BCUT2D eigenvalue weighted by Gasteiger charge is 2.16. The number of rotatable bonds is 8. The van der Waals surface area contributed by atoms with Crippen LogP contribution in [-0.4, -0.2) is 19.2 Å². The third-order valence-electron chi connectivity index (χ3n) is 3.96. The minimum atomic E-state index is 0.435. The molecule has 1 N–H and O–H groups in total. The molecular formula is C17H29NO. The molecule has 1 rings (SSSR count). The molecule has 2 heteroatoms. The van der Waals surface area contributed by atoms with E-state index in [1.165, 1.54) is 17.5 Å². The fourth-order valence-electron chi connectivity index (χ4n) is 2.10. The topological polar surface area (TPSA) is 21.3 Å². The fraction of sp³-hybridized carbons (Fsp3) is 0.647. The molecule has 0 saturated carbocycles. The largest absolute Gasteiger partial charge is 0.492 e. The summed E-state index contributed by atoms with van der Waals surface area (Å²) in [5, 5.41) is 3.60. The van der Waals surface area contributed by atoms with Gasteiger partial charge in [-0.25, -0.2) is 0 Å². The molecular weight excluding hydrogens is 234 g/mol. The average molecular weight is 263 g/mol. The Balaban J connectivity index is 2.62. The maximum absolute atomic E-state index is 6.04. The van der Waals surface area contributed by atoms with E-state index in [1.54, 1.807) is 0 Å². The lowest BCUT2D eigenvalue weighted by Gasteiger charge is -2.25. The highest BCUT2D eigenvalue weighted by molar-refractivity contribution is 5.38. The van der Waals surface area contributed by atoms with Gasteiger partial charge in [-0.2, -0.15) is 0 Å². The number of nitrogens with one attached hydrogen (secondary N) is 1. The van der Waals surface area contributed by atoms with Crippen molar-refractivity contribution < 1.29 is 4.74 Å². The summed E-state index contributed by atoms with van der Waals surface area (Å²) >= 11 is 0. The Morgan fingerprint density at radius 2 is 1.95 bits per heavy atom. The van der Waals surface area contributed by atoms with Crippen molar-refractivity contribution in [3.8, 4) is 5.75 Å². The second-order valence-corrected chi connectivity index (χ2v) is 5.46. The minimum absolute atomic E-state index is 0.435. The number of aryl methyl sites for hydroxylation is 1. The fourth-order valence-corrected chi connectivity index (χ4v) is 2.10. The van der Waals surface area contributed by atoms with Crippen LogP contribution in [0.25, 0.3) is 0 Å². The smallest absolute Gasteiger partial charge is 0.122 e. The van der Waals surface area contributed by atoms with Gasteiger partial charge in [0.05, 0.1) is 0 Å². The van der Waals surface area contributed by atoms with E-state index in [-0.39, 0.29) is 0 Å². The van der Waals surface area contributed by atoms with Gasteiger partial charge in [0.25, 0.3) is 0 Å². The summed E-state index contributed by atoms with van der Waals surface area (Å²) in [6, 6.07) is 6.69. The summed E-state index contributed by atoms with van der Waals surface area (Å²) in [7, 11) is 0. The van der Waals surface area contributed by atoms with E-state index >= 15 is 0 Å². The van der Waals surface area contributed by atoms with Crippen LogP contribution in [0.3, 0.4) is 0 Å². The maximum atomic E-state index is 6.04. The zero-order valence-electron chi connectivity index (χ0n) is 13.1. The van der Waals surface area contributed by atoms with Crippen LogP contribution in [0.4, 0.5) is 0 Å². The molecule has 19 heavy (non-hydrogen) atoms. The van der Waals surface area contributed by atoms with Crippen molar-refractivity contribution in [2.45, 2.75) is 53.5 Å². The predicted molar refractivity (Wildman–Crippen MR) is 82.9 cm³/mol. The van der Waals surface area contributed by atoms with Crippen molar-refractivity contribution in [1.82, 2.24) is 5.32 Å². The SMILES string of the molecule is CCCNC(COc1cccc(C)c1C)C(C)CC. The molecule has 0 amide bonds. The number of hydrogen-bond acceptors (Lipinski definition) is 2. The number of ether oxygens (including phenoxy) is 1. The first-order valence-electron chi connectivity index (χ1n) is 7.52. The van der Waals surface area contributed by atoms with Crippen molar-refractivity contribution in [2.75, 3.05) is 13.2 Å². The first-order chi connectivity index (χ1) is 9.10. The van der Waals surface area contributed by atoms with Gasteiger partial charge in [-0.05, 0) is 49.9 Å². The summed E-state index contributed by atoms with van der Waals surface area (Å²) in [6.45, 7) is 12.8. The summed E-state index contributed by atoms with van der Waals surface area (Å²) in [6.07, 6.45) is 2.34. The highest BCUT2D eigenvalue weighted by Crippen LogP contribution is 2.21. The molecule has 1 aromatic carbocycles. The molecule has 0 spiro atoms. The normalized spacial score (nSPS) is 14.2. The second kappa shape index (κ2) is 8.21. The molecule has 0 bridgehead atoms. The Hall–Kier alpha value is -1.02. The van der Waals surface area contributed by atoms with E-state index in [4.69, 9.17) is 4.74 Å². The average Bonchev–Trinajstić information content (AvgIpc) is 2.42. The molecule has 0 aliphatic heterocycles. The molecule has 0 aromatic heterocycles. The van der Waals surface area contributed by atoms with Gasteiger partial charge in [0.2, 0.25) is 0 Å². The quantitative estimate of drug-likeness (QED) is 0.762. The Morgan fingerprint density at radius 3 is 2.58 bits per heavy atom. The summed E-state index contributed by atoms with van der Waals surface area (Å²) in [5.74, 6) is 1.66. The monoisotopic (exact) mass is 263 g/mol. The highest BCUT2D eigenvalue weighted by atomic mass is 16.5. The van der Waals surface area contributed by atoms with Crippen LogP contribution in [0, 0.1) is 19.8 Å². The lowest BCUT2D eigenvalue weighted by molar-refractivity contribution is 0.219. The van der Waals surface area contributed by atoms with Gasteiger partial charge in [-0.3, -0.25) is 0 Å². The van der Waals surface area contributed by atoms with E-state index in [2.05, 4.69) is 58.1 Å². The molecule has 0 aliphatic carbocycles. The van der Waals surface area contributed by atoms with E-state index in [0.717, 1.165) is 25.3 Å². The van der Waals surface area contributed by atoms with Gasteiger partial charge in [-0.1, -0.05) is 39.3 Å². The molecule has 0 aliphatic rings. The summed E-state index contributed by atoms with van der Waals surface area (Å²) < 4.78 is 6.04. The van der Waals surface area contributed by atoms with Crippen molar-refractivity contribution in [3.63, 3.8) is 0 Å². The molecule has 108 valence electrons. The first-order valence-corrected chi connectivity index (χ1v) is 7.52. The second-order valence-electron chi connectivity index (χ2n) is 5.46. The summed E-state index contributed by atoms with van der Waals surface area (Å²) in [5.41, 5.74) is 2.54. The van der Waals surface area contributed by atoms with Crippen LogP contribution < -0.4 is 10.1 Å². The van der Waals surface area contributed by atoms with E-state index in [9.17, 15) is 0 Å². The van der Waals surface area contributed by atoms with Crippen molar-refractivity contribution in [1.29, 1.82) is 0 Å². The van der Waals surface area contributed by atoms with Crippen LogP contribution in [0.5, 0.6) is 5.75 Å².